The van der Waals surface area contributed by atoms with Crippen LogP contribution in [0.2, 0.25) is 0 Å². The van der Waals surface area contributed by atoms with Crippen LogP contribution in [0.4, 0.5) is 10.5 Å². The summed E-state index contributed by atoms with van der Waals surface area (Å²) in [6, 6.07) is 19.3. The van der Waals surface area contributed by atoms with Crippen LogP contribution in [0.3, 0.4) is 0 Å². The molecule has 206 valence electrons. The number of esters is 1. The van der Waals surface area contributed by atoms with E-state index in [0.29, 0.717) is 12.8 Å². The Kier molecular flexibility index (Phi) is 10.5. The zero-order chi connectivity index (χ0) is 28.3. The smallest absolute Gasteiger partial charge is 0.408 e. The highest BCUT2D eigenvalue weighted by atomic mass is 32.2. The molecule has 12 heteroatoms. The fourth-order valence-electron chi connectivity index (χ4n) is 3.46. The fraction of sp³-hybridized carbons (Fsp3) is 0.259. The van der Waals surface area contributed by atoms with Gasteiger partial charge >= 0.3 is 12.1 Å². The molecule has 0 heterocycles. The quantitative estimate of drug-likeness (QED) is 0.104. The van der Waals surface area contributed by atoms with Gasteiger partial charge in [-0.15, -0.1) is 0 Å². The molecule has 0 spiro atoms. The molecule has 0 fully saturated rings. The van der Waals surface area contributed by atoms with E-state index < -0.39 is 33.1 Å². The van der Waals surface area contributed by atoms with Gasteiger partial charge in [-0.05, 0) is 56.0 Å². The van der Waals surface area contributed by atoms with Gasteiger partial charge in [0, 0.05) is 18.7 Å². The molecule has 3 aromatic rings. The third-order valence-electron chi connectivity index (χ3n) is 5.60. The van der Waals surface area contributed by atoms with Crippen LogP contribution in [0.5, 0.6) is 5.75 Å². The van der Waals surface area contributed by atoms with Crippen molar-refractivity contribution in [2.24, 2.45) is 0 Å². The van der Waals surface area contributed by atoms with Gasteiger partial charge in [-0.25, -0.2) is 22.7 Å². The van der Waals surface area contributed by atoms with Crippen LogP contribution in [-0.4, -0.2) is 38.0 Å². The maximum atomic E-state index is 12.8. The van der Waals surface area contributed by atoms with Crippen molar-refractivity contribution in [3.63, 3.8) is 0 Å². The van der Waals surface area contributed by atoms with Gasteiger partial charge in [0.25, 0.3) is 5.69 Å². The lowest BCUT2D eigenvalue weighted by Crippen LogP contribution is -2.43. The summed E-state index contributed by atoms with van der Waals surface area (Å²) in [6.45, 7) is 1.98. The molecule has 0 bridgehead atoms. The number of ether oxygens (including phenoxy) is 2. The molecule has 3 rings (SSSR count). The summed E-state index contributed by atoms with van der Waals surface area (Å²) in [4.78, 5) is 35.7. The van der Waals surface area contributed by atoms with Crippen molar-refractivity contribution >= 4 is 27.8 Å². The molecular formula is C27H29N3O8S. The van der Waals surface area contributed by atoms with E-state index in [4.69, 9.17) is 9.47 Å². The summed E-state index contributed by atoms with van der Waals surface area (Å²) >= 11 is 0. The van der Waals surface area contributed by atoms with Crippen LogP contribution in [0.25, 0.3) is 0 Å². The molecule has 0 saturated heterocycles. The number of carbonyl (C=O) groups is 2. The van der Waals surface area contributed by atoms with Crippen molar-refractivity contribution in [3.05, 3.63) is 100 Å². The van der Waals surface area contributed by atoms with Crippen molar-refractivity contribution < 1.29 is 32.4 Å². The molecule has 1 atom stereocenters. The second kappa shape index (κ2) is 14.0. The van der Waals surface area contributed by atoms with Gasteiger partial charge in [0.2, 0.25) is 10.0 Å². The number of rotatable bonds is 13. The summed E-state index contributed by atoms with van der Waals surface area (Å²) in [7, 11) is -3.68. The largest absolute Gasteiger partial charge is 0.445 e. The Hall–Kier alpha value is -4.29. The number of nitrogens with zero attached hydrogens (tertiary/aromatic N) is 1. The number of amides is 1. The number of non-ortho nitro benzene ring substituents is 1. The van der Waals surface area contributed by atoms with Gasteiger partial charge in [0.15, 0.2) is 0 Å². The van der Waals surface area contributed by atoms with Crippen LogP contribution in [-0.2, 0) is 26.2 Å². The molecule has 39 heavy (non-hydrogen) atoms. The highest BCUT2D eigenvalue weighted by molar-refractivity contribution is 7.89. The summed E-state index contributed by atoms with van der Waals surface area (Å²) in [6.07, 6.45) is 0.0609. The Balaban J connectivity index is 1.56. The Bertz CT molecular complexity index is 1360. The van der Waals surface area contributed by atoms with Crippen LogP contribution < -0.4 is 14.8 Å². The maximum Gasteiger partial charge on any atom is 0.408 e. The Morgan fingerprint density at radius 1 is 0.949 bits per heavy atom. The van der Waals surface area contributed by atoms with E-state index in [-0.39, 0.29) is 35.9 Å². The predicted molar refractivity (Wildman–Crippen MR) is 143 cm³/mol. The lowest BCUT2D eigenvalue weighted by Gasteiger charge is -2.17. The Morgan fingerprint density at radius 3 is 2.26 bits per heavy atom. The van der Waals surface area contributed by atoms with Crippen LogP contribution >= 0.6 is 0 Å². The van der Waals surface area contributed by atoms with E-state index >= 15 is 0 Å². The average molecular weight is 556 g/mol. The summed E-state index contributed by atoms with van der Waals surface area (Å²) in [5.74, 6) is -0.721. The fourth-order valence-corrected chi connectivity index (χ4v) is 4.53. The van der Waals surface area contributed by atoms with Crippen molar-refractivity contribution in [2.45, 2.75) is 43.7 Å². The van der Waals surface area contributed by atoms with Crippen LogP contribution in [0.15, 0.2) is 83.8 Å². The lowest BCUT2D eigenvalue weighted by molar-refractivity contribution is -0.384. The number of sulfonamides is 1. The normalized spacial score (nSPS) is 11.8. The van der Waals surface area contributed by atoms with Gasteiger partial charge in [0.1, 0.15) is 18.4 Å². The van der Waals surface area contributed by atoms with E-state index in [1.807, 2.05) is 13.0 Å². The summed E-state index contributed by atoms with van der Waals surface area (Å²) in [5, 5.41) is 13.3. The topological polar surface area (TPSA) is 154 Å². The number of alkyl carbamates (subject to hydrolysis) is 1. The molecule has 1 amide bonds. The van der Waals surface area contributed by atoms with E-state index in [2.05, 4.69) is 10.0 Å². The molecule has 0 saturated carbocycles. The van der Waals surface area contributed by atoms with Crippen LogP contribution in [0.1, 0.15) is 30.4 Å². The predicted octanol–water partition coefficient (Wildman–Crippen LogP) is 4.25. The van der Waals surface area contributed by atoms with Crippen molar-refractivity contribution in [1.82, 2.24) is 10.0 Å². The molecule has 0 aliphatic carbocycles. The highest BCUT2D eigenvalue weighted by Crippen LogP contribution is 2.18. The molecule has 3 aromatic carbocycles. The third kappa shape index (κ3) is 9.51. The van der Waals surface area contributed by atoms with E-state index in [1.54, 1.807) is 36.4 Å². The van der Waals surface area contributed by atoms with E-state index in [1.165, 1.54) is 36.4 Å². The Labute approximate surface area is 226 Å². The molecular weight excluding hydrogens is 526 g/mol. The van der Waals surface area contributed by atoms with Gasteiger partial charge in [0.05, 0.1) is 9.82 Å². The first-order valence-electron chi connectivity index (χ1n) is 12.1. The first-order valence-corrected chi connectivity index (χ1v) is 13.6. The minimum Gasteiger partial charge on any atom is -0.445 e. The van der Waals surface area contributed by atoms with E-state index in [0.717, 1.165) is 11.1 Å². The monoisotopic (exact) mass is 555 g/mol. The minimum absolute atomic E-state index is 0.00240. The molecule has 2 N–H and O–H groups in total. The zero-order valence-corrected chi connectivity index (χ0v) is 22.1. The van der Waals surface area contributed by atoms with E-state index in [9.17, 15) is 28.1 Å². The number of hydrogen-bond acceptors (Lipinski definition) is 8. The van der Waals surface area contributed by atoms with Gasteiger partial charge < -0.3 is 14.8 Å². The number of carbonyl (C=O) groups excluding carboxylic acids is 2. The van der Waals surface area contributed by atoms with Gasteiger partial charge in [-0.1, -0.05) is 48.0 Å². The Morgan fingerprint density at radius 2 is 1.62 bits per heavy atom. The van der Waals surface area contributed by atoms with Gasteiger partial charge in [-0.3, -0.25) is 10.1 Å². The molecule has 0 aliphatic heterocycles. The number of benzene rings is 3. The third-order valence-corrected chi connectivity index (χ3v) is 7.08. The zero-order valence-electron chi connectivity index (χ0n) is 21.2. The number of aryl methyl sites for hydroxylation is 1. The van der Waals surface area contributed by atoms with Crippen molar-refractivity contribution in [2.75, 3.05) is 6.54 Å². The number of nitro groups is 1. The second-order valence-electron chi connectivity index (χ2n) is 8.64. The summed E-state index contributed by atoms with van der Waals surface area (Å²) < 4.78 is 37.9. The van der Waals surface area contributed by atoms with Crippen molar-refractivity contribution in [3.8, 4) is 5.75 Å². The van der Waals surface area contributed by atoms with Crippen LogP contribution in [0, 0.1) is 17.0 Å². The molecule has 0 aromatic heterocycles. The SMILES string of the molecule is Cc1ccc(S(=O)(=O)NCCCC[C@@H](NC(=O)OCc2ccccc2)C(=O)Oc2ccc([N+](=O)[O-])cc2)cc1. The minimum atomic E-state index is -3.68. The number of unbranched alkanes of at least 4 members (excludes halogenated alkanes) is 1. The number of hydrogen-bond donors (Lipinski definition) is 2. The maximum absolute atomic E-state index is 12.8. The lowest BCUT2D eigenvalue weighted by atomic mass is 10.1. The van der Waals surface area contributed by atoms with Crippen molar-refractivity contribution in [1.29, 1.82) is 0 Å². The molecule has 0 unspecified atom stereocenters. The van der Waals surface area contributed by atoms with Gasteiger partial charge in [-0.2, -0.15) is 0 Å². The summed E-state index contributed by atoms with van der Waals surface area (Å²) in [5.41, 5.74) is 1.54. The second-order valence-corrected chi connectivity index (χ2v) is 10.4. The molecule has 11 nitrogen and oxygen atoms in total. The first kappa shape index (κ1) is 29.3. The first-order chi connectivity index (χ1) is 18.6. The molecule has 0 radical (unpaired) electrons. The number of nitro benzene ring substituents is 1. The number of nitrogens with one attached hydrogen (secondary N) is 2. The molecule has 0 aliphatic rings. The standard InChI is InChI=1S/C27H29N3O8S/c1-20-10-16-24(17-11-20)39(35,36)28-18-6-5-9-25(29-27(32)37-19-21-7-3-2-4-8-21)26(31)38-23-14-12-22(13-15-23)30(33)34/h2-4,7-8,10-17,25,28H,5-6,9,18-19H2,1H3,(H,29,32)/t25-/m1/s1. The highest BCUT2D eigenvalue weighted by Gasteiger charge is 2.24. The average Bonchev–Trinajstić information content (AvgIpc) is 2.92.